The molecule has 0 radical (unpaired) electrons. The molecule has 0 saturated carbocycles. The van der Waals surface area contributed by atoms with Crippen LogP contribution in [0.15, 0.2) is 40.1 Å². The number of aliphatic hydroxyl groups excluding tert-OH is 1. The van der Waals surface area contributed by atoms with E-state index in [-0.39, 0.29) is 32.8 Å². The fraction of sp³-hybridized carbons (Fsp3) is 0.629. The van der Waals surface area contributed by atoms with E-state index in [1.807, 2.05) is 37.4 Å². The highest BCUT2D eigenvalue weighted by molar-refractivity contribution is 8.17. The van der Waals surface area contributed by atoms with Gasteiger partial charge < -0.3 is 14.9 Å². The van der Waals surface area contributed by atoms with Gasteiger partial charge in [0.2, 0.25) is 0 Å². The molecule has 2 aromatic carbocycles. The van der Waals surface area contributed by atoms with E-state index in [4.69, 9.17) is 9.84 Å². The first-order chi connectivity index (χ1) is 18.6. The highest BCUT2D eigenvalue weighted by atomic mass is 32.2. The number of ether oxygens (including phenoxy) is 1. The second-order valence-corrected chi connectivity index (χ2v) is 17.2. The lowest BCUT2D eigenvalue weighted by Crippen LogP contribution is -2.22. The minimum atomic E-state index is -0.963. The Bertz CT molecular complexity index is 1040. The number of rotatable bonds is 7. The van der Waals surface area contributed by atoms with Gasteiger partial charge in [-0.2, -0.15) is 0 Å². The van der Waals surface area contributed by atoms with Crippen molar-refractivity contribution in [2.24, 2.45) is 0 Å². The molecular weight excluding hydrogens is 549 g/mol. The van der Waals surface area contributed by atoms with Crippen LogP contribution < -0.4 is 4.74 Å². The van der Waals surface area contributed by atoms with Gasteiger partial charge in [-0.15, -0.1) is 23.5 Å². The molecule has 41 heavy (non-hydrogen) atoms. The van der Waals surface area contributed by atoms with Gasteiger partial charge in [-0.05, 0) is 64.0 Å². The smallest absolute Gasteiger partial charge is 0.341 e. The second-order valence-electron chi connectivity index (χ2n) is 14.1. The molecule has 234 valence electrons. The normalized spacial score (nSPS) is 12.9. The number of thioether (sulfide) groups is 2. The number of hydrogen-bond acceptors (Lipinski definition) is 5. The Morgan fingerprint density at radius 2 is 1.02 bits per heavy atom. The van der Waals surface area contributed by atoms with Gasteiger partial charge in [0.1, 0.15) is 5.75 Å². The highest BCUT2D eigenvalue weighted by Crippen LogP contribution is 2.45. The van der Waals surface area contributed by atoms with E-state index in [9.17, 15) is 9.90 Å². The third-order valence-corrected chi connectivity index (χ3v) is 8.52. The van der Waals surface area contributed by atoms with Gasteiger partial charge in [-0.25, -0.2) is 4.79 Å². The molecule has 4 nitrogen and oxygen atoms in total. The molecule has 0 aliphatic heterocycles. The lowest BCUT2D eigenvalue weighted by Gasteiger charge is -2.30. The Balaban J connectivity index is 0.00000382. The van der Waals surface area contributed by atoms with E-state index < -0.39 is 5.97 Å². The van der Waals surface area contributed by atoms with Crippen LogP contribution in [0.5, 0.6) is 5.75 Å². The summed E-state index contributed by atoms with van der Waals surface area (Å²) in [6.45, 7) is 32.5. The molecule has 0 amide bonds. The average molecular weight is 607 g/mol. The average Bonchev–Trinajstić information content (AvgIpc) is 2.82. The second kappa shape index (κ2) is 15.7. The standard InChI is InChI=1S/C32H48O3S2.C2H6.CH4O/c1-20(36-23-15-21(29(2,3)4)14-22(16-23)30(5,6)7)37-24-17-25(31(8,9)10)28(35-19-27(33)34)26(18-24)32(11,12)13;2*1-2/h14-18,20H,19H2,1-13H3,(H,33,34);1-2H3;2H,1H3. The predicted molar refractivity (Wildman–Crippen MR) is 181 cm³/mol. The summed E-state index contributed by atoms with van der Waals surface area (Å²) >= 11 is 3.75. The Morgan fingerprint density at radius 1 is 0.683 bits per heavy atom. The molecule has 0 heterocycles. The highest BCUT2D eigenvalue weighted by Gasteiger charge is 2.29. The molecule has 1 unspecified atom stereocenters. The van der Waals surface area contributed by atoms with E-state index in [0.717, 1.165) is 18.2 Å². The van der Waals surface area contributed by atoms with E-state index in [1.165, 1.54) is 20.9 Å². The summed E-state index contributed by atoms with van der Waals surface area (Å²) in [5.41, 5.74) is 4.61. The topological polar surface area (TPSA) is 66.8 Å². The van der Waals surface area contributed by atoms with Gasteiger partial charge >= 0.3 is 5.97 Å². The third kappa shape index (κ3) is 12.6. The van der Waals surface area contributed by atoms with Crippen LogP contribution in [0.1, 0.15) is 126 Å². The number of carbonyl (C=O) groups is 1. The Morgan fingerprint density at radius 3 is 1.32 bits per heavy atom. The molecule has 0 spiro atoms. The van der Waals surface area contributed by atoms with E-state index in [2.05, 4.69) is 120 Å². The SMILES string of the molecule is CC.CC(Sc1cc(C(C)(C)C)cc(C(C)(C)C)c1)Sc1cc(C(C)(C)C)c(OCC(=O)O)c(C(C)(C)C)c1.CO. The van der Waals surface area contributed by atoms with Gasteiger partial charge in [0, 0.05) is 28.0 Å². The summed E-state index contributed by atoms with van der Waals surface area (Å²) in [6, 6.07) is 11.4. The van der Waals surface area contributed by atoms with Gasteiger partial charge in [0.05, 0.1) is 4.58 Å². The molecule has 2 rings (SSSR count). The lowest BCUT2D eigenvalue weighted by molar-refractivity contribution is -0.139. The van der Waals surface area contributed by atoms with Crippen molar-refractivity contribution < 1.29 is 19.7 Å². The largest absolute Gasteiger partial charge is 0.481 e. The van der Waals surface area contributed by atoms with Crippen molar-refractivity contribution in [3.05, 3.63) is 52.6 Å². The van der Waals surface area contributed by atoms with Gasteiger partial charge in [-0.1, -0.05) is 103 Å². The van der Waals surface area contributed by atoms with Crippen LogP contribution in [-0.4, -0.2) is 34.5 Å². The van der Waals surface area contributed by atoms with Crippen LogP contribution in [0.2, 0.25) is 0 Å². The minimum Gasteiger partial charge on any atom is -0.481 e. The predicted octanol–water partition coefficient (Wildman–Crippen LogP) is 10.2. The number of hydrogen-bond donors (Lipinski definition) is 2. The number of carboxylic acid groups (broad SMARTS) is 1. The molecule has 0 aliphatic carbocycles. The van der Waals surface area contributed by atoms with Crippen molar-refractivity contribution in [2.45, 2.75) is 140 Å². The Kier molecular flexibility index (Phi) is 15.1. The first kappa shape index (κ1) is 39.4. The maximum atomic E-state index is 11.3. The van der Waals surface area contributed by atoms with Crippen LogP contribution in [-0.2, 0) is 26.5 Å². The molecule has 2 aromatic rings. The first-order valence-corrected chi connectivity index (χ1v) is 16.3. The third-order valence-electron chi connectivity index (χ3n) is 6.26. The molecule has 6 heteroatoms. The van der Waals surface area contributed by atoms with Gasteiger partial charge in [0.25, 0.3) is 0 Å². The number of carboxylic acids is 1. The van der Waals surface area contributed by atoms with Crippen molar-refractivity contribution in [1.29, 1.82) is 0 Å². The lowest BCUT2D eigenvalue weighted by atomic mass is 9.79. The molecular formula is C35H58O4S2. The maximum Gasteiger partial charge on any atom is 0.341 e. The van der Waals surface area contributed by atoms with E-state index >= 15 is 0 Å². The number of aliphatic carboxylic acids is 1. The van der Waals surface area contributed by atoms with Crippen molar-refractivity contribution in [3.63, 3.8) is 0 Å². The Hall–Kier alpha value is -1.63. The quantitative estimate of drug-likeness (QED) is 0.241. The van der Waals surface area contributed by atoms with Crippen molar-refractivity contribution in [2.75, 3.05) is 13.7 Å². The van der Waals surface area contributed by atoms with Crippen LogP contribution >= 0.6 is 23.5 Å². The summed E-state index contributed by atoms with van der Waals surface area (Å²) in [6.07, 6.45) is 0. The molecule has 2 N–H and O–H groups in total. The molecule has 0 aliphatic rings. The van der Waals surface area contributed by atoms with Gasteiger partial charge in [0.15, 0.2) is 6.61 Å². The summed E-state index contributed by atoms with van der Waals surface area (Å²) in [5, 5.41) is 16.3. The molecule has 0 aromatic heterocycles. The van der Waals surface area contributed by atoms with Crippen LogP contribution in [0.4, 0.5) is 0 Å². The van der Waals surface area contributed by atoms with Crippen molar-refractivity contribution in [1.82, 2.24) is 0 Å². The fourth-order valence-corrected chi connectivity index (χ4v) is 6.40. The maximum absolute atomic E-state index is 11.3. The zero-order chi connectivity index (χ0) is 32.6. The molecule has 0 bridgehead atoms. The van der Waals surface area contributed by atoms with Crippen LogP contribution in [0.25, 0.3) is 0 Å². The van der Waals surface area contributed by atoms with E-state index in [0.29, 0.717) is 5.75 Å². The zero-order valence-corrected chi connectivity index (χ0v) is 30.3. The Labute approximate surface area is 260 Å². The van der Waals surface area contributed by atoms with Crippen LogP contribution in [0, 0.1) is 0 Å². The van der Waals surface area contributed by atoms with E-state index in [1.54, 1.807) is 0 Å². The fourth-order valence-electron chi connectivity index (χ4n) is 4.01. The number of aliphatic hydroxyl groups is 1. The van der Waals surface area contributed by atoms with Gasteiger partial charge in [-0.3, -0.25) is 0 Å². The number of benzene rings is 2. The molecule has 0 fully saturated rings. The summed E-state index contributed by atoms with van der Waals surface area (Å²) in [5.74, 6) is -0.255. The summed E-state index contributed by atoms with van der Waals surface area (Å²) in [4.78, 5) is 13.8. The van der Waals surface area contributed by atoms with Crippen molar-refractivity contribution in [3.8, 4) is 5.75 Å². The zero-order valence-electron chi connectivity index (χ0n) is 28.7. The van der Waals surface area contributed by atoms with Crippen molar-refractivity contribution >= 4 is 29.5 Å². The minimum absolute atomic E-state index is 0.0853. The molecule has 0 saturated heterocycles. The summed E-state index contributed by atoms with van der Waals surface area (Å²) < 4.78 is 6.20. The molecule has 1 atom stereocenters. The summed E-state index contributed by atoms with van der Waals surface area (Å²) in [7, 11) is 1.00. The monoisotopic (exact) mass is 606 g/mol. The van der Waals surface area contributed by atoms with Crippen LogP contribution in [0.3, 0.4) is 0 Å². The first-order valence-electron chi connectivity index (χ1n) is 14.6.